The molecule has 0 saturated carbocycles. The number of hydrogen-bond donors (Lipinski definition) is 2. The minimum atomic E-state index is -0.643. The van der Waals surface area contributed by atoms with Crippen LogP contribution in [0.3, 0.4) is 0 Å². The molecule has 0 spiro atoms. The van der Waals surface area contributed by atoms with Crippen molar-refractivity contribution in [2.24, 2.45) is 0 Å². The molecule has 1 aliphatic heterocycles. The first-order valence-electron chi connectivity index (χ1n) is 9.55. The number of nitrogen functional groups attached to an aromatic ring is 1. The zero-order chi connectivity index (χ0) is 21.1. The van der Waals surface area contributed by atoms with Crippen LogP contribution < -0.4 is 15.4 Å². The normalized spacial score (nSPS) is 13.9. The van der Waals surface area contributed by atoms with E-state index >= 15 is 0 Å². The van der Waals surface area contributed by atoms with Crippen molar-refractivity contribution >= 4 is 17.2 Å². The summed E-state index contributed by atoms with van der Waals surface area (Å²) in [7, 11) is 1.47. The van der Waals surface area contributed by atoms with Gasteiger partial charge in [-0.2, -0.15) is 4.39 Å². The van der Waals surface area contributed by atoms with E-state index in [1.54, 1.807) is 36.5 Å². The van der Waals surface area contributed by atoms with E-state index in [0.29, 0.717) is 41.3 Å². The maximum absolute atomic E-state index is 14.4. The number of nitrogens with zero attached hydrogens (tertiary/aromatic N) is 3. The Morgan fingerprint density at radius 1 is 1.13 bits per heavy atom. The number of rotatable bonds is 5. The largest absolute Gasteiger partial charge is 0.496 e. The molecule has 1 saturated heterocycles. The molecule has 2 aromatic heterocycles. The van der Waals surface area contributed by atoms with E-state index in [0.717, 1.165) is 18.9 Å². The Balaban J connectivity index is 1.71. The molecule has 3 aromatic rings. The van der Waals surface area contributed by atoms with Gasteiger partial charge in [-0.3, -0.25) is 5.41 Å². The van der Waals surface area contributed by atoms with Gasteiger partial charge in [0.1, 0.15) is 11.6 Å². The summed E-state index contributed by atoms with van der Waals surface area (Å²) in [6.45, 7) is 2.80. The second kappa shape index (κ2) is 8.46. The summed E-state index contributed by atoms with van der Waals surface area (Å²) in [6, 6.07) is 10.3. The number of hydrogen-bond acceptors (Lipinski definition) is 7. The number of nitrogens with one attached hydrogen (secondary N) is 1. The number of pyridine rings is 2. The van der Waals surface area contributed by atoms with Crippen molar-refractivity contribution in [2.75, 3.05) is 44.0 Å². The summed E-state index contributed by atoms with van der Waals surface area (Å²) in [5.74, 6) is 0.508. The highest BCUT2D eigenvalue weighted by Crippen LogP contribution is 2.33. The van der Waals surface area contributed by atoms with E-state index in [9.17, 15) is 4.39 Å². The Hall–Kier alpha value is -3.52. The monoisotopic (exact) mass is 407 g/mol. The van der Waals surface area contributed by atoms with Gasteiger partial charge in [-0.05, 0) is 35.9 Å². The average Bonchev–Trinajstić information content (AvgIpc) is 2.79. The zero-order valence-electron chi connectivity index (χ0n) is 16.6. The smallest absolute Gasteiger partial charge is 0.224 e. The average molecular weight is 407 g/mol. The standard InChI is InChI=1S/C22H22FN5O2/c1-29-18-5-7-27-22(23)20(18)14-2-3-17(24)16(12-14)21(25)15-4-6-26-19(13-15)28-8-10-30-11-9-28/h2-7,12-13,25H,8-11,24H2,1H3. The van der Waals surface area contributed by atoms with Crippen molar-refractivity contribution in [1.82, 2.24) is 9.97 Å². The quantitative estimate of drug-likeness (QED) is 0.383. The van der Waals surface area contributed by atoms with Crippen LogP contribution in [0, 0.1) is 11.4 Å². The number of benzene rings is 1. The zero-order valence-corrected chi connectivity index (χ0v) is 16.6. The van der Waals surface area contributed by atoms with Crippen molar-refractivity contribution in [2.45, 2.75) is 0 Å². The first kappa shape index (κ1) is 19.8. The highest BCUT2D eigenvalue weighted by molar-refractivity contribution is 6.14. The summed E-state index contributed by atoms with van der Waals surface area (Å²) in [4.78, 5) is 10.3. The molecule has 1 aromatic carbocycles. The van der Waals surface area contributed by atoms with Gasteiger partial charge in [0.2, 0.25) is 5.95 Å². The molecule has 0 amide bonds. The van der Waals surface area contributed by atoms with Gasteiger partial charge in [-0.25, -0.2) is 9.97 Å². The summed E-state index contributed by atoms with van der Waals surface area (Å²) in [5, 5.41) is 8.74. The maximum atomic E-state index is 14.4. The molecule has 0 aliphatic carbocycles. The SMILES string of the molecule is COc1ccnc(F)c1-c1ccc(N)c(C(=N)c2ccnc(N3CCOCC3)c2)c1. The molecular formula is C22H22FN5O2. The van der Waals surface area contributed by atoms with E-state index in [4.69, 9.17) is 20.6 Å². The lowest BCUT2D eigenvalue weighted by Crippen LogP contribution is -2.36. The molecule has 3 N–H and O–H groups in total. The first-order valence-corrected chi connectivity index (χ1v) is 9.55. The van der Waals surface area contributed by atoms with Crippen LogP contribution in [0.5, 0.6) is 5.75 Å². The molecule has 0 radical (unpaired) electrons. The van der Waals surface area contributed by atoms with Crippen LogP contribution in [0.2, 0.25) is 0 Å². The topological polar surface area (TPSA) is 97.4 Å². The van der Waals surface area contributed by atoms with E-state index in [1.807, 2.05) is 6.07 Å². The van der Waals surface area contributed by atoms with Gasteiger partial charge in [-0.1, -0.05) is 6.07 Å². The van der Waals surface area contributed by atoms with Crippen LogP contribution >= 0.6 is 0 Å². The van der Waals surface area contributed by atoms with Crippen LogP contribution in [0.1, 0.15) is 11.1 Å². The minimum Gasteiger partial charge on any atom is -0.496 e. The van der Waals surface area contributed by atoms with E-state index < -0.39 is 5.95 Å². The number of ether oxygens (including phenoxy) is 2. The summed E-state index contributed by atoms with van der Waals surface area (Å²) in [6.07, 6.45) is 3.03. The van der Waals surface area contributed by atoms with Crippen LogP contribution in [-0.2, 0) is 4.74 Å². The maximum Gasteiger partial charge on any atom is 0.224 e. The molecule has 1 fully saturated rings. The molecule has 1 aliphatic rings. The molecule has 8 heteroatoms. The molecule has 30 heavy (non-hydrogen) atoms. The number of aromatic nitrogens is 2. The summed E-state index contributed by atoms with van der Waals surface area (Å²) in [5.41, 5.74) is 8.77. The van der Waals surface area contributed by atoms with E-state index in [1.165, 1.54) is 13.3 Å². The third-order valence-electron chi connectivity index (χ3n) is 5.07. The molecule has 4 rings (SSSR count). The highest BCUT2D eigenvalue weighted by Gasteiger charge is 2.18. The Labute approximate surface area is 173 Å². The number of anilines is 2. The molecular weight excluding hydrogens is 385 g/mol. The Morgan fingerprint density at radius 2 is 1.90 bits per heavy atom. The number of methoxy groups -OCH3 is 1. The first-order chi connectivity index (χ1) is 14.6. The van der Waals surface area contributed by atoms with Crippen LogP contribution in [0.15, 0.2) is 48.8 Å². The second-order valence-electron chi connectivity index (χ2n) is 6.86. The number of halogens is 1. The van der Waals surface area contributed by atoms with Gasteiger partial charge in [0.05, 0.1) is 31.6 Å². The molecule has 0 bridgehead atoms. The van der Waals surface area contributed by atoms with E-state index in [-0.39, 0.29) is 11.3 Å². The second-order valence-corrected chi connectivity index (χ2v) is 6.86. The Kier molecular flexibility index (Phi) is 5.58. The predicted molar refractivity (Wildman–Crippen MR) is 114 cm³/mol. The molecule has 7 nitrogen and oxygen atoms in total. The Bertz CT molecular complexity index is 1080. The van der Waals surface area contributed by atoms with Gasteiger partial charge in [0.25, 0.3) is 0 Å². The molecule has 0 unspecified atom stereocenters. The third kappa shape index (κ3) is 3.81. The fourth-order valence-electron chi connectivity index (χ4n) is 3.47. The molecule has 154 valence electrons. The predicted octanol–water partition coefficient (Wildman–Crippen LogP) is 3.13. The Morgan fingerprint density at radius 3 is 2.67 bits per heavy atom. The highest BCUT2D eigenvalue weighted by atomic mass is 19.1. The van der Waals surface area contributed by atoms with E-state index in [2.05, 4.69) is 14.9 Å². The lowest BCUT2D eigenvalue weighted by molar-refractivity contribution is 0.122. The summed E-state index contributed by atoms with van der Waals surface area (Å²) < 4.78 is 25.1. The fourth-order valence-corrected chi connectivity index (χ4v) is 3.47. The van der Waals surface area contributed by atoms with Gasteiger partial charge < -0.3 is 20.1 Å². The van der Waals surface area contributed by atoms with Crippen LogP contribution in [0.25, 0.3) is 11.1 Å². The lowest BCUT2D eigenvalue weighted by atomic mass is 9.96. The number of morpholine rings is 1. The van der Waals surface area contributed by atoms with Gasteiger partial charge in [0.15, 0.2) is 0 Å². The van der Waals surface area contributed by atoms with Crippen molar-refractivity contribution in [3.63, 3.8) is 0 Å². The van der Waals surface area contributed by atoms with Crippen molar-refractivity contribution in [1.29, 1.82) is 5.41 Å². The van der Waals surface area contributed by atoms with Crippen LogP contribution in [0.4, 0.5) is 15.9 Å². The van der Waals surface area contributed by atoms with Crippen molar-refractivity contribution in [3.8, 4) is 16.9 Å². The van der Waals surface area contributed by atoms with Gasteiger partial charge in [0, 0.05) is 42.3 Å². The lowest BCUT2D eigenvalue weighted by Gasteiger charge is -2.28. The minimum absolute atomic E-state index is 0.231. The molecule has 3 heterocycles. The third-order valence-corrected chi connectivity index (χ3v) is 5.07. The fraction of sp³-hybridized carbons (Fsp3) is 0.227. The summed E-state index contributed by atoms with van der Waals surface area (Å²) >= 11 is 0. The van der Waals surface area contributed by atoms with Gasteiger partial charge >= 0.3 is 0 Å². The van der Waals surface area contributed by atoms with Crippen molar-refractivity contribution < 1.29 is 13.9 Å². The van der Waals surface area contributed by atoms with Gasteiger partial charge in [-0.15, -0.1) is 0 Å². The number of nitrogens with two attached hydrogens (primary N) is 1. The van der Waals surface area contributed by atoms with Crippen molar-refractivity contribution in [3.05, 3.63) is 65.9 Å². The van der Waals surface area contributed by atoms with Crippen LogP contribution in [-0.4, -0.2) is 49.1 Å². The molecule has 0 atom stereocenters.